The molecule has 1 aliphatic rings. The van der Waals surface area contributed by atoms with E-state index >= 15 is 0 Å². The van der Waals surface area contributed by atoms with Gasteiger partial charge in [-0.2, -0.15) is 0 Å². The number of hydrogen-bond donors (Lipinski definition) is 1. The van der Waals surface area contributed by atoms with E-state index in [2.05, 4.69) is 44.2 Å². The van der Waals surface area contributed by atoms with E-state index in [-0.39, 0.29) is 16.9 Å². The van der Waals surface area contributed by atoms with Crippen LogP contribution in [0.2, 0.25) is 24.2 Å². The topological polar surface area (TPSA) is 51.2 Å². The Morgan fingerprint density at radius 1 is 1.36 bits per heavy atom. The van der Waals surface area contributed by atoms with Crippen LogP contribution in [0.3, 0.4) is 0 Å². The number of ether oxygens (including phenoxy) is 1. The fourth-order valence-corrected chi connectivity index (χ4v) is 4.86. The van der Waals surface area contributed by atoms with Gasteiger partial charge in [0, 0.05) is 6.20 Å². The predicted octanol–water partition coefficient (Wildman–Crippen LogP) is 5.02. The third kappa shape index (κ3) is 5.64. The van der Waals surface area contributed by atoms with Crippen molar-refractivity contribution in [2.75, 3.05) is 11.9 Å². The number of pyridine rings is 1. The highest BCUT2D eigenvalue weighted by Gasteiger charge is 2.39. The summed E-state index contributed by atoms with van der Waals surface area (Å²) in [7, 11) is -1.58. The molecule has 0 spiro atoms. The van der Waals surface area contributed by atoms with Gasteiger partial charge in [0.25, 0.3) is 0 Å². The van der Waals surface area contributed by atoms with E-state index < -0.39 is 8.07 Å². The monoisotopic (exact) mass is 362 g/mol. The van der Waals surface area contributed by atoms with Crippen molar-refractivity contribution < 1.29 is 9.53 Å². The van der Waals surface area contributed by atoms with Gasteiger partial charge in [-0.1, -0.05) is 39.9 Å². The molecule has 5 heteroatoms. The van der Waals surface area contributed by atoms with Gasteiger partial charge in [-0.15, -0.1) is 0 Å². The van der Waals surface area contributed by atoms with E-state index in [1.165, 1.54) is 6.42 Å². The Morgan fingerprint density at radius 2 is 2.04 bits per heavy atom. The highest BCUT2D eigenvalue weighted by atomic mass is 28.3. The first kappa shape index (κ1) is 20.1. The highest BCUT2D eigenvalue weighted by Crippen LogP contribution is 2.41. The Morgan fingerprint density at radius 3 is 2.52 bits per heavy atom. The SMILES string of the molecule is Cc1ccc(NC(=O)C(COC2CCC2)C[Si](C)(C)C(C)(C)C)nc1. The van der Waals surface area contributed by atoms with Gasteiger partial charge in [0.1, 0.15) is 5.82 Å². The number of amides is 1. The number of nitrogens with one attached hydrogen (secondary N) is 1. The molecule has 140 valence electrons. The van der Waals surface area contributed by atoms with Gasteiger partial charge in [-0.05, 0) is 48.9 Å². The quantitative estimate of drug-likeness (QED) is 0.693. The Hall–Kier alpha value is -1.20. The molecule has 1 fully saturated rings. The average Bonchev–Trinajstić information content (AvgIpc) is 2.45. The van der Waals surface area contributed by atoms with Crippen molar-refractivity contribution in [3.05, 3.63) is 23.9 Å². The lowest BCUT2D eigenvalue weighted by molar-refractivity contribution is -0.122. The Bertz CT molecular complexity index is 574. The molecule has 4 nitrogen and oxygen atoms in total. The molecular weight excluding hydrogens is 328 g/mol. The molecule has 0 bridgehead atoms. The van der Waals surface area contributed by atoms with Crippen molar-refractivity contribution in [2.24, 2.45) is 5.92 Å². The second-order valence-electron chi connectivity index (χ2n) is 9.13. The summed E-state index contributed by atoms with van der Waals surface area (Å²) in [5.41, 5.74) is 1.09. The lowest BCUT2D eigenvalue weighted by atomic mass is 9.96. The Labute approximate surface area is 153 Å². The fourth-order valence-electron chi connectivity index (χ4n) is 2.71. The smallest absolute Gasteiger partial charge is 0.230 e. The van der Waals surface area contributed by atoms with Crippen LogP contribution in [0.15, 0.2) is 18.3 Å². The summed E-state index contributed by atoms with van der Waals surface area (Å²) < 4.78 is 6.02. The van der Waals surface area contributed by atoms with E-state index in [1.807, 2.05) is 19.1 Å². The molecule has 0 aliphatic heterocycles. The van der Waals surface area contributed by atoms with Gasteiger partial charge in [0.05, 0.1) is 26.7 Å². The summed E-state index contributed by atoms with van der Waals surface area (Å²) in [4.78, 5) is 17.2. The molecule has 1 aromatic heterocycles. The van der Waals surface area contributed by atoms with Crippen molar-refractivity contribution in [3.8, 4) is 0 Å². The third-order valence-electron chi connectivity index (χ3n) is 5.91. The summed E-state index contributed by atoms with van der Waals surface area (Å²) in [6, 6.07) is 4.76. The lowest BCUT2D eigenvalue weighted by Crippen LogP contribution is -2.43. The van der Waals surface area contributed by atoms with E-state index in [9.17, 15) is 4.79 Å². The zero-order valence-electron chi connectivity index (χ0n) is 16.7. The molecule has 2 rings (SSSR count). The van der Waals surface area contributed by atoms with Crippen molar-refractivity contribution in [2.45, 2.75) is 77.2 Å². The van der Waals surface area contributed by atoms with Crippen molar-refractivity contribution in [1.82, 2.24) is 4.98 Å². The summed E-state index contributed by atoms with van der Waals surface area (Å²) in [5, 5.41) is 3.25. The van der Waals surface area contributed by atoms with Crippen LogP contribution >= 0.6 is 0 Å². The standard InChI is InChI=1S/C20H34N2O2Si/c1-15-10-11-18(21-12-15)22-19(23)16(13-24-17-8-7-9-17)14-25(5,6)20(2,3)4/h10-12,16-17H,7-9,13-14H2,1-6H3,(H,21,22,23). The van der Waals surface area contributed by atoms with Gasteiger partial charge < -0.3 is 10.1 Å². The van der Waals surface area contributed by atoms with Gasteiger partial charge in [0.2, 0.25) is 5.91 Å². The Kier molecular flexibility index (Phi) is 6.44. The minimum absolute atomic E-state index is 0.0421. The third-order valence-corrected chi connectivity index (χ3v) is 11.5. The molecule has 1 heterocycles. The maximum Gasteiger partial charge on any atom is 0.230 e. The summed E-state index contributed by atoms with van der Waals surface area (Å²) in [6.07, 6.45) is 5.65. The number of aromatic nitrogens is 1. The van der Waals surface area contributed by atoms with Gasteiger partial charge in [-0.3, -0.25) is 4.79 Å². The van der Waals surface area contributed by atoms with Crippen LogP contribution in [0.4, 0.5) is 5.82 Å². The van der Waals surface area contributed by atoms with E-state index in [4.69, 9.17) is 4.74 Å². The zero-order valence-corrected chi connectivity index (χ0v) is 17.7. The lowest BCUT2D eigenvalue weighted by Gasteiger charge is -2.39. The van der Waals surface area contributed by atoms with Crippen LogP contribution in [0.5, 0.6) is 0 Å². The molecule has 1 unspecified atom stereocenters. The van der Waals surface area contributed by atoms with Gasteiger partial charge >= 0.3 is 0 Å². The molecule has 1 saturated carbocycles. The van der Waals surface area contributed by atoms with Crippen LogP contribution < -0.4 is 5.32 Å². The van der Waals surface area contributed by atoms with E-state index in [0.29, 0.717) is 18.5 Å². The van der Waals surface area contributed by atoms with Crippen molar-refractivity contribution >= 4 is 19.8 Å². The van der Waals surface area contributed by atoms with Crippen LogP contribution in [0.25, 0.3) is 0 Å². The summed E-state index contributed by atoms with van der Waals surface area (Å²) >= 11 is 0. The molecule has 0 saturated heterocycles. The maximum atomic E-state index is 12.9. The number of anilines is 1. The van der Waals surface area contributed by atoms with Crippen LogP contribution in [-0.2, 0) is 9.53 Å². The second kappa shape index (κ2) is 8.00. The van der Waals surface area contributed by atoms with Gasteiger partial charge in [0.15, 0.2) is 0 Å². The minimum atomic E-state index is -1.58. The molecule has 1 aliphatic carbocycles. The van der Waals surface area contributed by atoms with Crippen molar-refractivity contribution in [3.63, 3.8) is 0 Å². The van der Waals surface area contributed by atoms with E-state index in [0.717, 1.165) is 24.4 Å². The molecule has 1 atom stereocenters. The molecule has 1 N–H and O–H groups in total. The average molecular weight is 363 g/mol. The largest absolute Gasteiger partial charge is 0.377 e. The normalized spacial score (nSPS) is 17.0. The fraction of sp³-hybridized carbons (Fsp3) is 0.700. The van der Waals surface area contributed by atoms with Crippen LogP contribution in [0.1, 0.15) is 45.6 Å². The number of nitrogens with zero attached hydrogens (tertiary/aromatic N) is 1. The highest BCUT2D eigenvalue weighted by molar-refractivity contribution is 6.80. The van der Waals surface area contributed by atoms with Crippen LogP contribution in [-0.4, -0.2) is 31.7 Å². The number of carbonyl (C=O) groups excluding carboxylic acids is 1. The molecular formula is C20H34N2O2Si. The summed E-state index contributed by atoms with van der Waals surface area (Å²) in [5.74, 6) is 0.560. The van der Waals surface area contributed by atoms with Gasteiger partial charge in [-0.25, -0.2) is 4.98 Å². The second-order valence-corrected chi connectivity index (χ2v) is 14.8. The molecule has 0 radical (unpaired) electrons. The number of rotatable bonds is 7. The predicted molar refractivity (Wildman–Crippen MR) is 107 cm³/mol. The van der Waals surface area contributed by atoms with E-state index in [1.54, 1.807) is 6.20 Å². The number of hydrogen-bond acceptors (Lipinski definition) is 3. The number of carbonyl (C=O) groups is 1. The van der Waals surface area contributed by atoms with Crippen molar-refractivity contribution in [1.29, 1.82) is 0 Å². The first-order valence-electron chi connectivity index (χ1n) is 9.43. The molecule has 25 heavy (non-hydrogen) atoms. The minimum Gasteiger partial charge on any atom is -0.377 e. The first-order chi connectivity index (χ1) is 11.6. The van der Waals surface area contributed by atoms with Crippen LogP contribution in [0, 0.1) is 12.8 Å². The molecule has 1 aromatic rings. The maximum absolute atomic E-state index is 12.9. The first-order valence-corrected chi connectivity index (χ1v) is 12.6. The molecule has 0 aromatic carbocycles. The summed E-state index contributed by atoms with van der Waals surface area (Å²) in [6.45, 7) is 14.1. The number of aryl methyl sites for hydroxylation is 1. The molecule has 1 amide bonds. The zero-order chi connectivity index (χ0) is 18.7. The Balaban J connectivity index is 2.05.